The molecule has 2 heteroatoms. The zero-order valence-electron chi connectivity index (χ0n) is 6.45. The van der Waals surface area contributed by atoms with E-state index in [0.29, 0.717) is 0 Å². The second-order valence-corrected chi connectivity index (χ2v) is 4.07. The van der Waals surface area contributed by atoms with Gasteiger partial charge in [-0.3, -0.25) is 0 Å². The highest BCUT2D eigenvalue weighted by atomic mass is 127. The van der Waals surface area contributed by atoms with Gasteiger partial charge < -0.3 is 0 Å². The van der Waals surface area contributed by atoms with Crippen molar-refractivity contribution in [3.05, 3.63) is 19.3 Å². The topological polar surface area (TPSA) is 0 Å². The van der Waals surface area contributed by atoms with E-state index in [1.807, 2.05) is 0 Å². The van der Waals surface area contributed by atoms with E-state index in [2.05, 4.69) is 53.3 Å². The third-order valence-corrected chi connectivity index (χ3v) is 3.57. The van der Waals surface area contributed by atoms with Crippen LogP contribution in [-0.2, 0) is 0 Å². The van der Waals surface area contributed by atoms with Gasteiger partial charge in [-0.2, -0.15) is 0 Å². The molecule has 0 nitrogen and oxygen atoms in total. The van der Waals surface area contributed by atoms with E-state index < -0.39 is 0 Å². The van der Waals surface area contributed by atoms with Crippen LogP contribution in [0.1, 0.15) is 32.1 Å². The molecule has 0 N–H and O–H groups in total. The van der Waals surface area contributed by atoms with Crippen LogP contribution in [0.25, 0.3) is 0 Å². The molecule has 0 spiro atoms. The van der Waals surface area contributed by atoms with Crippen LogP contribution < -0.4 is 0 Å². The molecule has 1 saturated carbocycles. The first-order valence-electron chi connectivity index (χ1n) is 3.97. The number of hydrogen-bond donors (Lipinski definition) is 0. The molecule has 0 amide bonds. The van der Waals surface area contributed by atoms with Gasteiger partial charge in [0.1, 0.15) is 0 Å². The maximum atomic E-state index is 2.36. The highest BCUT2D eigenvalue weighted by Crippen LogP contribution is 2.29. The van der Waals surface area contributed by atoms with Crippen molar-refractivity contribution >= 4 is 45.2 Å². The van der Waals surface area contributed by atoms with Crippen molar-refractivity contribution in [3.63, 3.8) is 0 Å². The monoisotopic (exact) mass is 374 g/mol. The van der Waals surface area contributed by atoms with Crippen LogP contribution in [0.4, 0.5) is 0 Å². The van der Waals surface area contributed by atoms with E-state index in [0.717, 1.165) is 0 Å². The van der Waals surface area contributed by atoms with Crippen molar-refractivity contribution < 1.29 is 0 Å². The molecule has 1 rings (SSSR count). The first-order chi connectivity index (χ1) is 5.38. The van der Waals surface area contributed by atoms with Crippen molar-refractivity contribution in [3.8, 4) is 0 Å². The molecule has 0 heterocycles. The van der Waals surface area contributed by atoms with E-state index in [1.54, 1.807) is 11.1 Å². The summed E-state index contributed by atoms with van der Waals surface area (Å²) in [5.41, 5.74) is 3.13. The van der Waals surface area contributed by atoms with Gasteiger partial charge in [0, 0.05) is 0 Å². The summed E-state index contributed by atoms with van der Waals surface area (Å²) in [6, 6.07) is 0. The Morgan fingerprint density at radius 3 is 1.64 bits per heavy atom. The Morgan fingerprint density at radius 1 is 0.818 bits per heavy atom. The molecule has 0 saturated heterocycles. The van der Waals surface area contributed by atoms with Crippen LogP contribution >= 0.6 is 45.2 Å². The Bertz CT molecular complexity index is 160. The average molecular weight is 374 g/mol. The Morgan fingerprint density at radius 2 is 1.27 bits per heavy atom. The molecule has 1 aliphatic carbocycles. The first kappa shape index (κ1) is 10.0. The molecule has 0 bridgehead atoms. The Hall–Kier alpha value is 0.940. The summed E-state index contributed by atoms with van der Waals surface area (Å²) in [6.07, 6.45) is 6.74. The fourth-order valence-electron chi connectivity index (χ4n) is 1.38. The zero-order chi connectivity index (χ0) is 8.10. The summed E-state index contributed by atoms with van der Waals surface area (Å²) < 4.78 is 4.49. The van der Waals surface area contributed by atoms with E-state index >= 15 is 0 Å². The van der Waals surface area contributed by atoms with Gasteiger partial charge in [-0.1, -0.05) is 51.6 Å². The van der Waals surface area contributed by atoms with Crippen molar-refractivity contribution in [1.82, 2.24) is 0 Å². The van der Waals surface area contributed by atoms with Gasteiger partial charge in [-0.25, -0.2) is 0 Å². The minimum absolute atomic E-state index is 1.29. The Balaban J connectivity index is 2.71. The highest BCUT2D eigenvalue weighted by molar-refractivity contribution is 14.1. The number of hydrogen-bond acceptors (Lipinski definition) is 0. The predicted molar refractivity (Wildman–Crippen MR) is 67.3 cm³/mol. The van der Waals surface area contributed by atoms with Gasteiger partial charge in [0.25, 0.3) is 0 Å². The molecular formula is C9H12I2. The van der Waals surface area contributed by atoms with Gasteiger partial charge in [0.2, 0.25) is 0 Å². The highest BCUT2D eigenvalue weighted by Gasteiger charge is 2.08. The van der Waals surface area contributed by atoms with E-state index in [1.165, 1.54) is 32.1 Å². The molecular weight excluding hydrogens is 362 g/mol. The maximum Gasteiger partial charge on any atom is -0.0199 e. The second kappa shape index (κ2) is 5.56. The van der Waals surface area contributed by atoms with Gasteiger partial charge >= 0.3 is 0 Å². The van der Waals surface area contributed by atoms with Crippen molar-refractivity contribution in [2.75, 3.05) is 0 Å². The summed E-state index contributed by atoms with van der Waals surface area (Å²) >= 11 is 4.71. The van der Waals surface area contributed by atoms with Gasteiger partial charge in [0.05, 0.1) is 0 Å². The normalized spacial score (nSPS) is 27.5. The summed E-state index contributed by atoms with van der Waals surface area (Å²) in [5.74, 6) is 0. The average Bonchev–Trinajstić information content (AvgIpc) is 2.27. The SMILES string of the molecule is I/C=C1\CCCCC\C1=C/I. The molecule has 0 unspecified atom stereocenters. The summed E-state index contributed by atoms with van der Waals surface area (Å²) in [7, 11) is 0. The van der Waals surface area contributed by atoms with Crippen LogP contribution in [0, 0.1) is 0 Å². The molecule has 1 fully saturated rings. The van der Waals surface area contributed by atoms with E-state index in [4.69, 9.17) is 0 Å². The van der Waals surface area contributed by atoms with E-state index in [-0.39, 0.29) is 0 Å². The predicted octanol–water partition coefficient (Wildman–Crippen LogP) is 4.59. The molecule has 0 aromatic rings. The molecule has 62 valence electrons. The lowest BCUT2D eigenvalue weighted by atomic mass is 10.1. The molecule has 11 heavy (non-hydrogen) atoms. The third kappa shape index (κ3) is 3.05. The third-order valence-electron chi connectivity index (χ3n) is 2.07. The van der Waals surface area contributed by atoms with Gasteiger partial charge in [0.15, 0.2) is 0 Å². The first-order valence-corrected chi connectivity index (χ1v) is 6.46. The van der Waals surface area contributed by atoms with Gasteiger partial charge in [-0.05, 0) is 45.0 Å². The molecule has 0 aromatic heterocycles. The van der Waals surface area contributed by atoms with E-state index in [9.17, 15) is 0 Å². The smallest absolute Gasteiger partial charge is 0.0199 e. The lowest BCUT2D eigenvalue weighted by Gasteiger charge is -2.03. The molecule has 1 aliphatic rings. The van der Waals surface area contributed by atoms with Crippen molar-refractivity contribution in [1.29, 1.82) is 0 Å². The fraction of sp³-hybridized carbons (Fsp3) is 0.556. The number of rotatable bonds is 0. The standard InChI is InChI=1S/C9H12I2/c10-6-8-4-2-1-3-5-9(8)7-11/h6-7H,1-5H2/b8-6+,9-7+. The number of halogens is 2. The Kier molecular flexibility index (Phi) is 5.07. The molecule has 0 aliphatic heterocycles. The molecule has 0 radical (unpaired) electrons. The largest absolute Gasteiger partial charge is 0.0527 e. The fourth-order valence-corrected chi connectivity index (χ4v) is 2.80. The quantitative estimate of drug-likeness (QED) is 0.430. The lowest BCUT2D eigenvalue weighted by molar-refractivity contribution is 0.720. The minimum atomic E-state index is 1.29. The maximum absolute atomic E-state index is 2.36. The molecule has 0 atom stereocenters. The second-order valence-electron chi connectivity index (χ2n) is 2.83. The summed E-state index contributed by atoms with van der Waals surface area (Å²) in [6.45, 7) is 0. The Labute approximate surface area is 95.8 Å². The van der Waals surface area contributed by atoms with Crippen LogP contribution in [0.3, 0.4) is 0 Å². The number of allylic oxidation sites excluding steroid dienone is 2. The van der Waals surface area contributed by atoms with Gasteiger partial charge in [-0.15, -0.1) is 0 Å². The van der Waals surface area contributed by atoms with Crippen LogP contribution in [0.15, 0.2) is 19.3 Å². The minimum Gasteiger partial charge on any atom is -0.0527 e. The lowest BCUT2D eigenvalue weighted by Crippen LogP contribution is -1.83. The summed E-state index contributed by atoms with van der Waals surface area (Å²) in [4.78, 5) is 0. The van der Waals surface area contributed by atoms with Crippen molar-refractivity contribution in [2.24, 2.45) is 0 Å². The van der Waals surface area contributed by atoms with Crippen LogP contribution in [0.2, 0.25) is 0 Å². The zero-order valence-corrected chi connectivity index (χ0v) is 10.8. The summed E-state index contributed by atoms with van der Waals surface area (Å²) in [5, 5.41) is 0. The van der Waals surface area contributed by atoms with Crippen LogP contribution in [0.5, 0.6) is 0 Å². The molecule has 0 aromatic carbocycles. The van der Waals surface area contributed by atoms with Crippen molar-refractivity contribution in [2.45, 2.75) is 32.1 Å². The van der Waals surface area contributed by atoms with Crippen LogP contribution in [-0.4, -0.2) is 0 Å².